The first-order chi connectivity index (χ1) is 15.2. The molecule has 0 spiro atoms. The van der Waals surface area contributed by atoms with Crippen LogP contribution in [0.3, 0.4) is 0 Å². The van der Waals surface area contributed by atoms with Crippen LogP contribution >= 0.6 is 22.7 Å². The van der Waals surface area contributed by atoms with Crippen molar-refractivity contribution in [1.82, 2.24) is 9.80 Å². The van der Waals surface area contributed by atoms with Gasteiger partial charge in [0.2, 0.25) is 5.91 Å². The smallest absolute Gasteiger partial charge is 0.236 e. The van der Waals surface area contributed by atoms with Crippen LogP contribution in [0, 0.1) is 0 Å². The number of carbonyl (C=O) groups is 1. The maximum absolute atomic E-state index is 13.2. The summed E-state index contributed by atoms with van der Waals surface area (Å²) in [6.07, 6.45) is 1.04. The topological polar surface area (TPSA) is 36.0 Å². The average molecular weight is 454 g/mol. The SMILES string of the molecule is COc1ccc(N2CCN(C(=O)CN3CCc4sccc4[C@@H]3c3cccs3)CC2)cc1. The van der Waals surface area contributed by atoms with Crippen molar-refractivity contribution in [2.45, 2.75) is 12.5 Å². The van der Waals surface area contributed by atoms with E-state index in [0.717, 1.165) is 44.9 Å². The van der Waals surface area contributed by atoms with Gasteiger partial charge in [-0.3, -0.25) is 9.69 Å². The van der Waals surface area contributed by atoms with Crippen molar-refractivity contribution in [1.29, 1.82) is 0 Å². The molecule has 2 aliphatic heterocycles. The molecule has 4 heterocycles. The van der Waals surface area contributed by atoms with Crippen LogP contribution in [0.15, 0.2) is 53.2 Å². The monoisotopic (exact) mass is 453 g/mol. The summed E-state index contributed by atoms with van der Waals surface area (Å²) in [6, 6.07) is 14.9. The van der Waals surface area contributed by atoms with E-state index in [1.807, 2.05) is 28.4 Å². The molecular weight excluding hydrogens is 426 g/mol. The molecule has 5 nitrogen and oxygen atoms in total. The van der Waals surface area contributed by atoms with E-state index in [0.29, 0.717) is 6.54 Å². The van der Waals surface area contributed by atoms with Gasteiger partial charge >= 0.3 is 0 Å². The zero-order valence-electron chi connectivity index (χ0n) is 17.7. The van der Waals surface area contributed by atoms with Gasteiger partial charge in [0.25, 0.3) is 0 Å². The largest absolute Gasteiger partial charge is 0.497 e. The van der Waals surface area contributed by atoms with Crippen molar-refractivity contribution in [3.8, 4) is 5.75 Å². The molecule has 1 atom stereocenters. The first-order valence-corrected chi connectivity index (χ1v) is 12.5. The Labute approximate surface area is 191 Å². The zero-order valence-corrected chi connectivity index (χ0v) is 19.3. The summed E-state index contributed by atoms with van der Waals surface area (Å²) in [6.45, 7) is 4.69. The fourth-order valence-electron chi connectivity index (χ4n) is 4.60. The van der Waals surface area contributed by atoms with Crippen molar-refractivity contribution in [2.24, 2.45) is 0 Å². The van der Waals surface area contributed by atoms with E-state index < -0.39 is 0 Å². The van der Waals surface area contributed by atoms with E-state index in [1.165, 1.54) is 21.0 Å². The lowest BCUT2D eigenvalue weighted by molar-refractivity contribution is -0.133. The normalized spacial score (nSPS) is 19.3. The second-order valence-corrected chi connectivity index (χ2v) is 9.98. The van der Waals surface area contributed by atoms with Gasteiger partial charge in [-0.2, -0.15) is 0 Å². The van der Waals surface area contributed by atoms with Crippen molar-refractivity contribution in [3.63, 3.8) is 0 Å². The van der Waals surface area contributed by atoms with Gasteiger partial charge in [0, 0.05) is 48.2 Å². The number of rotatable bonds is 5. The number of anilines is 1. The van der Waals surface area contributed by atoms with Gasteiger partial charge in [-0.15, -0.1) is 22.7 Å². The third-order valence-corrected chi connectivity index (χ3v) is 8.21. The fourth-order valence-corrected chi connectivity index (χ4v) is 6.38. The highest BCUT2D eigenvalue weighted by molar-refractivity contribution is 7.10. The summed E-state index contributed by atoms with van der Waals surface area (Å²) in [5, 5.41) is 4.32. The van der Waals surface area contributed by atoms with Gasteiger partial charge < -0.3 is 14.5 Å². The maximum Gasteiger partial charge on any atom is 0.236 e. The molecule has 1 amide bonds. The van der Waals surface area contributed by atoms with Crippen LogP contribution in [0.1, 0.15) is 21.4 Å². The molecule has 1 aromatic carbocycles. The van der Waals surface area contributed by atoms with Gasteiger partial charge in [-0.05, 0) is 59.1 Å². The van der Waals surface area contributed by atoms with E-state index >= 15 is 0 Å². The van der Waals surface area contributed by atoms with Crippen LogP contribution in [-0.4, -0.2) is 62.1 Å². The van der Waals surface area contributed by atoms with E-state index in [1.54, 1.807) is 18.4 Å². The van der Waals surface area contributed by atoms with E-state index in [2.05, 4.69) is 50.9 Å². The molecule has 3 aromatic rings. The molecule has 31 heavy (non-hydrogen) atoms. The second kappa shape index (κ2) is 9.02. The molecule has 2 aliphatic rings. The molecule has 1 fully saturated rings. The lowest BCUT2D eigenvalue weighted by Gasteiger charge is -2.39. The van der Waals surface area contributed by atoms with Crippen molar-refractivity contribution in [2.75, 3.05) is 51.3 Å². The first-order valence-electron chi connectivity index (χ1n) is 10.7. The lowest BCUT2D eigenvalue weighted by Crippen LogP contribution is -2.52. The Morgan fingerprint density at radius 3 is 2.52 bits per heavy atom. The Morgan fingerprint density at radius 1 is 1.00 bits per heavy atom. The van der Waals surface area contributed by atoms with Crippen molar-refractivity contribution < 1.29 is 9.53 Å². The van der Waals surface area contributed by atoms with Crippen molar-refractivity contribution in [3.05, 3.63) is 68.5 Å². The van der Waals surface area contributed by atoms with Crippen molar-refractivity contribution >= 4 is 34.3 Å². The Balaban J connectivity index is 1.23. The molecule has 162 valence electrons. The molecule has 7 heteroatoms. The van der Waals surface area contributed by atoms with Crippen LogP contribution in [0.2, 0.25) is 0 Å². The van der Waals surface area contributed by atoms with Gasteiger partial charge in [0.05, 0.1) is 19.7 Å². The molecular formula is C24H27N3O2S2. The number of benzene rings is 1. The van der Waals surface area contributed by atoms with Gasteiger partial charge in [-0.1, -0.05) is 6.07 Å². The zero-order chi connectivity index (χ0) is 21.2. The minimum absolute atomic E-state index is 0.208. The van der Waals surface area contributed by atoms with Gasteiger partial charge in [-0.25, -0.2) is 0 Å². The number of thiophene rings is 2. The third-order valence-electron chi connectivity index (χ3n) is 6.29. The Bertz CT molecular complexity index is 1010. The number of carbonyl (C=O) groups excluding carboxylic acids is 1. The molecule has 0 unspecified atom stereocenters. The molecule has 0 bridgehead atoms. The second-order valence-electron chi connectivity index (χ2n) is 8.00. The number of hydrogen-bond acceptors (Lipinski definition) is 6. The standard InChI is InChI=1S/C24H27N3O2S2/c1-29-19-6-4-18(5-7-19)25-11-13-26(14-12-25)23(28)17-27-10-8-21-20(9-16-31-21)24(27)22-3-2-15-30-22/h2-7,9,15-16,24H,8,10-14,17H2,1H3/t24-/m1/s1. The van der Waals surface area contributed by atoms with Gasteiger partial charge in [0.1, 0.15) is 5.75 Å². The number of piperazine rings is 1. The molecule has 0 aliphatic carbocycles. The molecule has 2 aromatic heterocycles. The maximum atomic E-state index is 13.2. The predicted molar refractivity (Wildman–Crippen MR) is 128 cm³/mol. The van der Waals surface area contributed by atoms with Crippen LogP contribution in [0.25, 0.3) is 0 Å². The quantitative estimate of drug-likeness (QED) is 0.582. The predicted octanol–water partition coefficient (Wildman–Crippen LogP) is 4.11. The number of ether oxygens (including phenoxy) is 1. The number of fused-ring (bicyclic) bond motifs is 1. The van der Waals surface area contributed by atoms with Crippen LogP contribution in [-0.2, 0) is 11.2 Å². The number of methoxy groups -OCH3 is 1. The molecule has 0 radical (unpaired) electrons. The summed E-state index contributed by atoms with van der Waals surface area (Å²) in [7, 11) is 1.68. The summed E-state index contributed by atoms with van der Waals surface area (Å²) in [5.74, 6) is 1.11. The van der Waals surface area contributed by atoms with Crippen LogP contribution < -0.4 is 9.64 Å². The van der Waals surface area contributed by atoms with E-state index in [-0.39, 0.29) is 11.9 Å². The Hall–Kier alpha value is -2.35. The average Bonchev–Trinajstić information content (AvgIpc) is 3.51. The summed E-state index contributed by atoms with van der Waals surface area (Å²) in [4.78, 5) is 22.8. The highest BCUT2D eigenvalue weighted by atomic mass is 32.1. The molecule has 5 rings (SSSR count). The molecule has 0 N–H and O–H groups in total. The highest BCUT2D eigenvalue weighted by Gasteiger charge is 2.33. The first kappa shape index (κ1) is 20.5. The summed E-state index contributed by atoms with van der Waals surface area (Å²) in [5.41, 5.74) is 2.57. The molecule has 0 saturated carbocycles. The fraction of sp³-hybridized carbons (Fsp3) is 0.375. The molecule has 1 saturated heterocycles. The number of hydrogen-bond donors (Lipinski definition) is 0. The Morgan fingerprint density at radius 2 is 1.81 bits per heavy atom. The third kappa shape index (κ3) is 4.22. The van der Waals surface area contributed by atoms with Crippen LogP contribution in [0.4, 0.5) is 5.69 Å². The minimum atomic E-state index is 0.208. The summed E-state index contributed by atoms with van der Waals surface area (Å²) >= 11 is 3.63. The summed E-state index contributed by atoms with van der Waals surface area (Å²) < 4.78 is 5.25. The number of amides is 1. The minimum Gasteiger partial charge on any atom is -0.497 e. The van der Waals surface area contributed by atoms with E-state index in [4.69, 9.17) is 4.74 Å². The Kier molecular flexibility index (Phi) is 5.98. The highest BCUT2D eigenvalue weighted by Crippen LogP contribution is 2.39. The lowest BCUT2D eigenvalue weighted by atomic mass is 9.98. The number of nitrogens with zero attached hydrogens (tertiary/aromatic N) is 3. The van der Waals surface area contributed by atoms with Gasteiger partial charge in [0.15, 0.2) is 0 Å². The van der Waals surface area contributed by atoms with Crippen LogP contribution in [0.5, 0.6) is 5.75 Å². The van der Waals surface area contributed by atoms with E-state index in [9.17, 15) is 4.79 Å².